The second-order valence-electron chi connectivity index (χ2n) is 7.25. The average Bonchev–Trinajstić information content (AvgIpc) is 3.15. The Hall–Kier alpha value is -3.06. The Morgan fingerprint density at radius 2 is 1.93 bits per heavy atom. The summed E-state index contributed by atoms with van der Waals surface area (Å²) < 4.78 is 16.5. The Kier molecular flexibility index (Phi) is 6.18. The molecule has 1 aliphatic rings. The van der Waals surface area contributed by atoms with Gasteiger partial charge in [-0.25, -0.2) is 9.38 Å². The van der Waals surface area contributed by atoms with E-state index in [1.54, 1.807) is 30.3 Å². The number of thiazole rings is 1. The summed E-state index contributed by atoms with van der Waals surface area (Å²) in [7, 11) is 0. The minimum Gasteiger partial charge on any atom is -0.316 e. The minimum atomic E-state index is -0.429. The molecule has 0 fully saturated rings. The Morgan fingerprint density at radius 1 is 1.13 bits per heavy atom. The molecule has 0 N–H and O–H groups in total. The molecule has 0 spiro atoms. The summed E-state index contributed by atoms with van der Waals surface area (Å²) in [5.74, 6) is -0.293. The number of nitro groups is 1. The van der Waals surface area contributed by atoms with Crippen molar-refractivity contribution >= 4 is 22.7 Å². The fraction of sp³-hybridized carbons (Fsp3) is 0.261. The summed E-state index contributed by atoms with van der Waals surface area (Å²) in [6.07, 6.45) is 7.80. The zero-order chi connectivity index (χ0) is 20.9. The van der Waals surface area contributed by atoms with Gasteiger partial charge in [0.1, 0.15) is 11.5 Å². The topological polar surface area (TPSA) is 60.4 Å². The van der Waals surface area contributed by atoms with Crippen LogP contribution in [0.15, 0.2) is 70.6 Å². The molecule has 0 bridgehead atoms. The molecule has 7 heteroatoms. The van der Waals surface area contributed by atoms with Crippen molar-refractivity contribution in [2.24, 2.45) is 4.99 Å². The van der Waals surface area contributed by atoms with Gasteiger partial charge in [0.2, 0.25) is 0 Å². The van der Waals surface area contributed by atoms with Crippen molar-refractivity contribution in [2.75, 3.05) is 0 Å². The van der Waals surface area contributed by atoms with Crippen molar-refractivity contribution in [1.29, 1.82) is 0 Å². The highest BCUT2D eigenvalue weighted by Gasteiger charge is 2.15. The van der Waals surface area contributed by atoms with Crippen LogP contribution in [0.25, 0.3) is 11.3 Å². The van der Waals surface area contributed by atoms with E-state index < -0.39 is 4.92 Å². The van der Waals surface area contributed by atoms with Crippen molar-refractivity contribution < 1.29 is 9.31 Å². The van der Waals surface area contributed by atoms with Gasteiger partial charge in [0.25, 0.3) is 5.69 Å². The molecule has 0 saturated carbocycles. The molecule has 0 atom stereocenters. The lowest BCUT2D eigenvalue weighted by molar-refractivity contribution is -0.384. The predicted molar refractivity (Wildman–Crippen MR) is 117 cm³/mol. The van der Waals surface area contributed by atoms with Crippen molar-refractivity contribution in [3.05, 3.63) is 86.3 Å². The van der Waals surface area contributed by atoms with E-state index in [2.05, 4.69) is 11.1 Å². The molecule has 0 saturated heterocycles. The maximum atomic E-state index is 14.5. The van der Waals surface area contributed by atoms with Crippen molar-refractivity contribution in [1.82, 2.24) is 4.57 Å². The smallest absolute Gasteiger partial charge is 0.294 e. The average molecular weight is 424 g/mol. The number of benzene rings is 2. The largest absolute Gasteiger partial charge is 0.316 e. The number of hydrogen-bond donors (Lipinski definition) is 0. The van der Waals surface area contributed by atoms with E-state index in [1.807, 2.05) is 16.0 Å². The summed E-state index contributed by atoms with van der Waals surface area (Å²) in [5, 5.41) is 13.3. The third kappa shape index (κ3) is 4.41. The van der Waals surface area contributed by atoms with Crippen LogP contribution in [0, 0.1) is 15.9 Å². The molecule has 5 nitrogen and oxygen atoms in total. The summed E-state index contributed by atoms with van der Waals surface area (Å²) in [6.45, 7) is 0.651. The van der Waals surface area contributed by atoms with Crippen molar-refractivity contribution in [3.8, 4) is 11.3 Å². The van der Waals surface area contributed by atoms with Gasteiger partial charge >= 0.3 is 0 Å². The number of para-hydroxylation sites is 2. The standard InChI is InChI=1S/C23H22FN3O2S/c24-19-11-5-4-10-18(19)22-16-30-23(25-20-12-6-7-13-21(20)27(28)29)26(22)15-14-17-8-2-1-3-9-17/h4-8,10-13,16H,1-3,9,14-15H2. The zero-order valence-corrected chi connectivity index (χ0v) is 17.3. The first-order chi connectivity index (χ1) is 14.6. The van der Waals surface area contributed by atoms with Crippen LogP contribution < -0.4 is 4.80 Å². The molecule has 1 aliphatic carbocycles. The number of halogens is 1. The molecule has 3 aromatic rings. The molecule has 30 heavy (non-hydrogen) atoms. The quantitative estimate of drug-likeness (QED) is 0.262. The highest BCUT2D eigenvalue weighted by atomic mass is 32.1. The van der Waals surface area contributed by atoms with Crippen LogP contribution in [0.1, 0.15) is 32.1 Å². The first-order valence-electron chi connectivity index (χ1n) is 10.0. The molecule has 0 amide bonds. The Balaban J connectivity index is 1.80. The van der Waals surface area contributed by atoms with Gasteiger partial charge in [-0.2, -0.15) is 0 Å². The van der Waals surface area contributed by atoms with E-state index in [9.17, 15) is 14.5 Å². The van der Waals surface area contributed by atoms with Crippen LogP contribution in [0.4, 0.5) is 15.8 Å². The van der Waals surface area contributed by atoms with Crippen LogP contribution in [-0.4, -0.2) is 9.49 Å². The molecule has 1 heterocycles. The van der Waals surface area contributed by atoms with E-state index in [0.29, 0.717) is 22.6 Å². The molecule has 0 unspecified atom stereocenters. The molecule has 1 aromatic heterocycles. The fourth-order valence-corrected chi connectivity index (χ4v) is 4.66. The molecule has 0 aliphatic heterocycles. The molecule has 4 rings (SSSR count). The molecular weight excluding hydrogens is 401 g/mol. The monoisotopic (exact) mass is 423 g/mol. The highest BCUT2D eigenvalue weighted by Crippen LogP contribution is 2.28. The first-order valence-corrected chi connectivity index (χ1v) is 10.9. The Bertz CT molecular complexity index is 1160. The van der Waals surface area contributed by atoms with Gasteiger partial charge in [0.15, 0.2) is 4.80 Å². The zero-order valence-electron chi connectivity index (χ0n) is 16.5. The number of allylic oxidation sites excluding steroid dienone is 2. The first kappa shape index (κ1) is 20.2. The van der Waals surface area contributed by atoms with E-state index >= 15 is 0 Å². The SMILES string of the molecule is O=[N+]([O-])c1ccccc1N=c1scc(-c2ccccc2F)n1CCC1=CCCCC1. The Labute approximate surface area is 178 Å². The molecular formula is C23H22FN3O2S. The fourth-order valence-electron chi connectivity index (χ4n) is 3.72. The maximum Gasteiger partial charge on any atom is 0.294 e. The summed E-state index contributed by atoms with van der Waals surface area (Å²) in [6, 6.07) is 13.1. The second-order valence-corrected chi connectivity index (χ2v) is 8.09. The van der Waals surface area contributed by atoms with Gasteiger partial charge in [0, 0.05) is 23.6 Å². The van der Waals surface area contributed by atoms with Gasteiger partial charge in [-0.3, -0.25) is 10.1 Å². The number of nitrogens with zero attached hydrogens (tertiary/aromatic N) is 3. The van der Waals surface area contributed by atoms with Crippen LogP contribution in [-0.2, 0) is 6.54 Å². The van der Waals surface area contributed by atoms with Crippen LogP contribution in [0.3, 0.4) is 0 Å². The molecule has 2 aromatic carbocycles. The predicted octanol–water partition coefficient (Wildman–Crippen LogP) is 6.39. The van der Waals surface area contributed by atoms with Crippen LogP contribution in [0.2, 0.25) is 0 Å². The maximum absolute atomic E-state index is 14.5. The third-order valence-corrected chi connectivity index (χ3v) is 6.15. The van der Waals surface area contributed by atoms with Crippen LogP contribution >= 0.6 is 11.3 Å². The molecule has 154 valence electrons. The second kappa shape index (κ2) is 9.17. The number of hydrogen-bond acceptors (Lipinski definition) is 4. The van der Waals surface area contributed by atoms with Gasteiger partial charge < -0.3 is 4.57 Å². The summed E-state index contributed by atoms with van der Waals surface area (Å²) in [5.41, 5.74) is 2.92. The lowest BCUT2D eigenvalue weighted by Gasteiger charge is -2.15. The van der Waals surface area contributed by atoms with Gasteiger partial charge in [-0.1, -0.05) is 35.9 Å². The summed E-state index contributed by atoms with van der Waals surface area (Å²) in [4.78, 5) is 16.2. The number of rotatable bonds is 6. The van der Waals surface area contributed by atoms with Gasteiger partial charge in [-0.05, 0) is 50.3 Å². The third-order valence-electron chi connectivity index (χ3n) is 5.28. The lowest BCUT2D eigenvalue weighted by atomic mass is 9.97. The van der Waals surface area contributed by atoms with E-state index in [0.717, 1.165) is 25.0 Å². The van der Waals surface area contributed by atoms with Crippen LogP contribution in [0.5, 0.6) is 0 Å². The van der Waals surface area contributed by atoms with Crippen molar-refractivity contribution in [2.45, 2.75) is 38.6 Å². The minimum absolute atomic E-state index is 0.0418. The number of nitro benzene ring substituents is 1. The highest BCUT2D eigenvalue weighted by molar-refractivity contribution is 7.07. The van der Waals surface area contributed by atoms with E-state index in [1.165, 1.54) is 41.9 Å². The van der Waals surface area contributed by atoms with Gasteiger partial charge in [-0.15, -0.1) is 11.3 Å². The Morgan fingerprint density at radius 3 is 2.70 bits per heavy atom. The van der Waals surface area contributed by atoms with Crippen molar-refractivity contribution in [3.63, 3.8) is 0 Å². The van der Waals surface area contributed by atoms with Gasteiger partial charge in [0.05, 0.1) is 10.6 Å². The normalized spacial score (nSPS) is 14.6. The lowest BCUT2D eigenvalue weighted by Crippen LogP contribution is -2.17. The number of aromatic nitrogens is 1. The summed E-state index contributed by atoms with van der Waals surface area (Å²) >= 11 is 1.37. The molecule has 0 radical (unpaired) electrons. The van der Waals surface area contributed by atoms with E-state index in [-0.39, 0.29) is 11.5 Å². The van der Waals surface area contributed by atoms with E-state index in [4.69, 9.17) is 0 Å².